The third kappa shape index (κ3) is 3.80. The molecule has 0 aliphatic rings. The highest BCUT2D eigenvalue weighted by Crippen LogP contribution is 2.24. The second-order valence-corrected chi connectivity index (χ2v) is 7.96. The van der Waals surface area contributed by atoms with Crippen molar-refractivity contribution in [2.45, 2.75) is 38.1 Å². The number of aryl methyl sites for hydroxylation is 1. The van der Waals surface area contributed by atoms with E-state index in [9.17, 15) is 13.2 Å². The van der Waals surface area contributed by atoms with Gasteiger partial charge in [-0.25, -0.2) is 13.2 Å². The van der Waals surface area contributed by atoms with E-state index in [1.54, 1.807) is 6.92 Å². The number of rotatable bonds is 6. The molecule has 0 spiro atoms. The SMILES string of the molecule is Cc1nnc(C(CC(C)C)NS(=O)(=O)c2ccc3[nH]c(=O)[nH]c3c2)o1. The van der Waals surface area contributed by atoms with Gasteiger partial charge in [-0.3, -0.25) is 0 Å². The van der Waals surface area contributed by atoms with Gasteiger partial charge < -0.3 is 14.4 Å². The molecule has 1 atom stereocenters. The van der Waals surface area contributed by atoms with Crippen LogP contribution in [0, 0.1) is 12.8 Å². The zero-order valence-electron chi connectivity index (χ0n) is 14.0. The first-order valence-electron chi connectivity index (χ1n) is 7.79. The number of aromatic nitrogens is 4. The average molecular weight is 365 g/mol. The standard InChI is InChI=1S/C15H19N5O4S/c1-8(2)6-13(14-19-18-9(3)24-14)20-25(22,23)10-4-5-11-12(7-10)17-15(21)16-11/h4-5,7-8,13,20H,6H2,1-3H3,(H2,16,17,21). The summed E-state index contributed by atoms with van der Waals surface area (Å²) in [6.07, 6.45) is 0.504. The molecule has 2 heterocycles. The smallest absolute Gasteiger partial charge is 0.323 e. The lowest BCUT2D eigenvalue weighted by Crippen LogP contribution is -2.30. The molecule has 25 heavy (non-hydrogen) atoms. The van der Waals surface area contributed by atoms with Gasteiger partial charge in [-0.15, -0.1) is 10.2 Å². The summed E-state index contributed by atoms with van der Waals surface area (Å²) >= 11 is 0. The largest absolute Gasteiger partial charge is 0.424 e. The lowest BCUT2D eigenvalue weighted by Gasteiger charge is -2.17. The van der Waals surface area contributed by atoms with Crippen LogP contribution in [-0.2, 0) is 10.0 Å². The summed E-state index contributed by atoms with van der Waals surface area (Å²) in [4.78, 5) is 16.5. The Balaban J connectivity index is 1.94. The van der Waals surface area contributed by atoms with Crippen LogP contribution in [0.2, 0.25) is 0 Å². The first-order valence-corrected chi connectivity index (χ1v) is 9.27. The summed E-state index contributed by atoms with van der Waals surface area (Å²) in [6, 6.07) is 3.74. The maximum Gasteiger partial charge on any atom is 0.323 e. The summed E-state index contributed by atoms with van der Waals surface area (Å²) in [6.45, 7) is 5.59. The van der Waals surface area contributed by atoms with Crippen LogP contribution in [0.5, 0.6) is 0 Å². The Morgan fingerprint density at radius 2 is 1.92 bits per heavy atom. The van der Waals surface area contributed by atoms with Crippen LogP contribution in [0.25, 0.3) is 11.0 Å². The number of hydrogen-bond donors (Lipinski definition) is 3. The third-order valence-corrected chi connectivity index (χ3v) is 5.11. The third-order valence-electron chi connectivity index (χ3n) is 3.64. The van der Waals surface area contributed by atoms with Crippen molar-refractivity contribution in [3.8, 4) is 0 Å². The number of hydrogen-bond acceptors (Lipinski definition) is 6. The highest BCUT2D eigenvalue weighted by molar-refractivity contribution is 7.89. The van der Waals surface area contributed by atoms with Gasteiger partial charge in [0, 0.05) is 6.92 Å². The topological polar surface area (TPSA) is 134 Å². The Kier molecular flexibility index (Phi) is 4.48. The quantitative estimate of drug-likeness (QED) is 0.607. The maximum absolute atomic E-state index is 12.8. The molecule has 0 fully saturated rings. The molecule has 0 amide bonds. The van der Waals surface area contributed by atoms with E-state index < -0.39 is 21.8 Å². The second-order valence-electron chi connectivity index (χ2n) is 6.25. The lowest BCUT2D eigenvalue weighted by molar-refractivity contribution is 0.372. The number of imidazole rings is 1. The fourth-order valence-corrected chi connectivity index (χ4v) is 3.79. The highest BCUT2D eigenvalue weighted by atomic mass is 32.2. The first-order chi connectivity index (χ1) is 11.7. The molecule has 9 nitrogen and oxygen atoms in total. The minimum atomic E-state index is -3.84. The molecule has 3 aromatic rings. The van der Waals surface area contributed by atoms with E-state index in [1.165, 1.54) is 18.2 Å². The van der Waals surface area contributed by atoms with Crippen LogP contribution in [0.3, 0.4) is 0 Å². The van der Waals surface area contributed by atoms with E-state index in [1.807, 2.05) is 13.8 Å². The molecule has 0 radical (unpaired) electrons. The summed E-state index contributed by atoms with van der Waals surface area (Å²) in [5.41, 5.74) is 0.564. The zero-order chi connectivity index (χ0) is 18.2. The number of nitrogens with one attached hydrogen (secondary N) is 3. The van der Waals surface area contributed by atoms with Crippen molar-refractivity contribution in [3.63, 3.8) is 0 Å². The molecule has 1 unspecified atom stereocenters. The minimum absolute atomic E-state index is 0.0419. The molecule has 3 rings (SSSR count). The summed E-state index contributed by atoms with van der Waals surface area (Å²) in [7, 11) is -3.84. The van der Waals surface area contributed by atoms with Gasteiger partial charge in [0.15, 0.2) is 0 Å². The van der Waals surface area contributed by atoms with Crippen molar-refractivity contribution >= 4 is 21.1 Å². The van der Waals surface area contributed by atoms with Crippen molar-refractivity contribution in [1.82, 2.24) is 24.9 Å². The van der Waals surface area contributed by atoms with Crippen LogP contribution in [0.4, 0.5) is 0 Å². The molecule has 1 aromatic carbocycles. The second kappa shape index (κ2) is 6.45. The predicted molar refractivity (Wildman–Crippen MR) is 90.5 cm³/mol. The number of H-pyrrole nitrogens is 2. The van der Waals surface area contributed by atoms with Crippen LogP contribution < -0.4 is 10.4 Å². The average Bonchev–Trinajstić information content (AvgIpc) is 3.09. The van der Waals surface area contributed by atoms with Crippen LogP contribution in [-0.4, -0.2) is 28.6 Å². The molecular formula is C15H19N5O4S. The zero-order valence-corrected chi connectivity index (χ0v) is 14.8. The molecule has 0 bridgehead atoms. The lowest BCUT2D eigenvalue weighted by atomic mass is 10.0. The molecule has 3 N–H and O–H groups in total. The van der Waals surface area contributed by atoms with E-state index in [0.717, 1.165) is 0 Å². The summed E-state index contributed by atoms with van der Waals surface area (Å²) in [5, 5.41) is 7.70. The fraction of sp³-hybridized carbons (Fsp3) is 0.400. The molecular weight excluding hydrogens is 346 g/mol. The maximum atomic E-state index is 12.8. The van der Waals surface area contributed by atoms with Gasteiger partial charge in [-0.1, -0.05) is 13.8 Å². The van der Waals surface area contributed by atoms with E-state index in [-0.39, 0.29) is 16.7 Å². The van der Waals surface area contributed by atoms with E-state index in [4.69, 9.17) is 4.42 Å². The van der Waals surface area contributed by atoms with E-state index in [2.05, 4.69) is 24.9 Å². The Morgan fingerprint density at radius 3 is 2.56 bits per heavy atom. The number of benzene rings is 1. The molecule has 134 valence electrons. The van der Waals surface area contributed by atoms with Gasteiger partial charge in [0.2, 0.25) is 21.8 Å². The van der Waals surface area contributed by atoms with Crippen LogP contribution >= 0.6 is 0 Å². The molecule has 2 aromatic heterocycles. The van der Waals surface area contributed by atoms with Crippen LogP contribution in [0.1, 0.15) is 38.1 Å². The molecule has 0 aliphatic carbocycles. The van der Waals surface area contributed by atoms with Gasteiger partial charge >= 0.3 is 5.69 Å². The van der Waals surface area contributed by atoms with Gasteiger partial charge in [-0.2, -0.15) is 4.72 Å². The normalized spacial score (nSPS) is 13.6. The van der Waals surface area contributed by atoms with Crippen molar-refractivity contribution < 1.29 is 12.8 Å². The number of sulfonamides is 1. The van der Waals surface area contributed by atoms with Crippen LogP contribution in [0.15, 0.2) is 32.3 Å². The molecule has 0 saturated carbocycles. The van der Waals surface area contributed by atoms with E-state index >= 15 is 0 Å². The fourth-order valence-electron chi connectivity index (χ4n) is 2.56. The predicted octanol–water partition coefficient (Wildman–Crippen LogP) is 1.61. The molecule has 0 aliphatic heterocycles. The minimum Gasteiger partial charge on any atom is -0.424 e. The Morgan fingerprint density at radius 1 is 1.20 bits per heavy atom. The summed E-state index contributed by atoms with van der Waals surface area (Å²) < 4.78 is 33.5. The monoisotopic (exact) mass is 365 g/mol. The molecule has 10 heteroatoms. The number of fused-ring (bicyclic) bond motifs is 1. The number of aromatic amines is 2. The Bertz CT molecular complexity index is 1050. The van der Waals surface area contributed by atoms with Gasteiger partial charge in [0.25, 0.3) is 0 Å². The van der Waals surface area contributed by atoms with Gasteiger partial charge in [-0.05, 0) is 30.5 Å². The van der Waals surface area contributed by atoms with Crippen molar-refractivity contribution in [2.75, 3.05) is 0 Å². The highest BCUT2D eigenvalue weighted by Gasteiger charge is 2.26. The Hall–Kier alpha value is -2.46. The van der Waals surface area contributed by atoms with E-state index in [0.29, 0.717) is 23.3 Å². The van der Waals surface area contributed by atoms with Crippen molar-refractivity contribution in [1.29, 1.82) is 0 Å². The van der Waals surface area contributed by atoms with Gasteiger partial charge in [0.05, 0.1) is 15.9 Å². The van der Waals surface area contributed by atoms with Crippen molar-refractivity contribution in [3.05, 3.63) is 40.5 Å². The number of nitrogens with zero attached hydrogens (tertiary/aromatic N) is 2. The van der Waals surface area contributed by atoms with Crippen molar-refractivity contribution in [2.24, 2.45) is 5.92 Å². The first kappa shape index (κ1) is 17.4. The van der Waals surface area contributed by atoms with Gasteiger partial charge in [0.1, 0.15) is 6.04 Å². The Labute approximate surface area is 143 Å². The molecule has 0 saturated heterocycles. The summed E-state index contributed by atoms with van der Waals surface area (Å²) in [5.74, 6) is 0.809.